The van der Waals surface area contributed by atoms with Gasteiger partial charge in [-0.2, -0.15) is 11.8 Å². The highest BCUT2D eigenvalue weighted by atomic mass is 32.2. The van der Waals surface area contributed by atoms with Crippen molar-refractivity contribution in [3.63, 3.8) is 0 Å². The second-order valence-corrected chi connectivity index (χ2v) is 9.73. The van der Waals surface area contributed by atoms with Crippen molar-refractivity contribution in [2.24, 2.45) is 0 Å². The highest BCUT2D eigenvalue weighted by molar-refractivity contribution is 7.99. The number of hydrogen-bond acceptors (Lipinski definition) is 6. The van der Waals surface area contributed by atoms with Gasteiger partial charge in [0.05, 0.1) is 12.0 Å². The molecular formula is C20H25N3O4S2. The maximum Gasteiger partial charge on any atom is 0.264 e. The van der Waals surface area contributed by atoms with Crippen LogP contribution >= 0.6 is 11.8 Å². The van der Waals surface area contributed by atoms with E-state index in [4.69, 9.17) is 4.84 Å². The molecule has 0 aromatic heterocycles. The van der Waals surface area contributed by atoms with Gasteiger partial charge < -0.3 is 10.2 Å². The van der Waals surface area contributed by atoms with Gasteiger partial charge in [-0.25, -0.2) is 8.42 Å². The third kappa shape index (κ3) is 5.30. The predicted molar refractivity (Wildman–Crippen MR) is 116 cm³/mol. The zero-order valence-electron chi connectivity index (χ0n) is 16.5. The summed E-state index contributed by atoms with van der Waals surface area (Å²) < 4.78 is 25.4. The van der Waals surface area contributed by atoms with Crippen LogP contribution in [0, 0.1) is 0 Å². The second kappa shape index (κ2) is 9.62. The fourth-order valence-corrected chi connectivity index (χ4v) is 4.90. The van der Waals surface area contributed by atoms with Gasteiger partial charge in [-0.05, 0) is 35.9 Å². The van der Waals surface area contributed by atoms with Gasteiger partial charge in [-0.15, -0.1) is 0 Å². The summed E-state index contributed by atoms with van der Waals surface area (Å²) in [6, 6.07) is 14.1. The molecule has 2 aromatic rings. The maximum absolute atomic E-state index is 12.5. The van der Waals surface area contributed by atoms with E-state index in [0.717, 1.165) is 34.6 Å². The largest absolute Gasteiger partial charge is 0.370 e. The number of anilines is 1. The minimum Gasteiger partial charge on any atom is -0.370 e. The molecule has 0 unspecified atom stereocenters. The average Bonchev–Trinajstić information content (AvgIpc) is 2.77. The van der Waals surface area contributed by atoms with Gasteiger partial charge in [-0.1, -0.05) is 22.7 Å². The number of nitrogens with zero attached hydrogens (tertiary/aromatic N) is 2. The predicted octanol–water partition coefficient (Wildman–Crippen LogP) is 2.35. The van der Waals surface area contributed by atoms with Crippen molar-refractivity contribution in [3.05, 3.63) is 59.7 Å². The molecule has 9 heteroatoms. The van der Waals surface area contributed by atoms with Crippen LogP contribution in [0.25, 0.3) is 0 Å². The number of carbonyl (C=O) groups is 1. The summed E-state index contributed by atoms with van der Waals surface area (Å²) in [4.78, 5) is 19.6. The summed E-state index contributed by atoms with van der Waals surface area (Å²) in [5.74, 6) is 1.96. The molecule has 2 aromatic carbocycles. The van der Waals surface area contributed by atoms with Gasteiger partial charge in [0.1, 0.15) is 0 Å². The Morgan fingerprint density at radius 3 is 2.52 bits per heavy atom. The lowest BCUT2D eigenvalue weighted by atomic mass is 10.1. The molecule has 1 fully saturated rings. The highest BCUT2D eigenvalue weighted by Crippen LogP contribution is 2.20. The van der Waals surface area contributed by atoms with Crippen molar-refractivity contribution in [1.82, 2.24) is 9.79 Å². The first-order chi connectivity index (χ1) is 13.9. The summed E-state index contributed by atoms with van der Waals surface area (Å²) in [5.41, 5.74) is 2.45. The van der Waals surface area contributed by atoms with E-state index in [-0.39, 0.29) is 16.4 Å². The molecule has 1 saturated heterocycles. The minimum absolute atomic E-state index is 0.00134. The summed E-state index contributed by atoms with van der Waals surface area (Å²) in [5, 5.41) is 2.84. The summed E-state index contributed by atoms with van der Waals surface area (Å²) in [6.07, 6.45) is 0. The number of nitrogens with one attached hydrogen (secondary N) is 1. The molecule has 29 heavy (non-hydrogen) atoms. The molecule has 1 aliphatic rings. The molecule has 1 heterocycles. The van der Waals surface area contributed by atoms with Crippen molar-refractivity contribution >= 4 is 33.4 Å². The second-order valence-electron chi connectivity index (χ2n) is 6.57. The zero-order valence-corrected chi connectivity index (χ0v) is 18.1. The van der Waals surface area contributed by atoms with E-state index in [1.807, 2.05) is 23.9 Å². The molecule has 0 spiro atoms. The van der Waals surface area contributed by atoms with Gasteiger partial charge >= 0.3 is 0 Å². The van der Waals surface area contributed by atoms with Crippen LogP contribution in [0.1, 0.15) is 15.9 Å². The van der Waals surface area contributed by atoms with Crippen molar-refractivity contribution < 1.29 is 18.0 Å². The van der Waals surface area contributed by atoms with E-state index in [0.29, 0.717) is 6.54 Å². The van der Waals surface area contributed by atoms with Gasteiger partial charge in [-0.3, -0.25) is 9.63 Å². The minimum atomic E-state index is -3.80. The van der Waals surface area contributed by atoms with E-state index < -0.39 is 10.0 Å². The van der Waals surface area contributed by atoms with Crippen molar-refractivity contribution in [2.45, 2.75) is 11.4 Å². The average molecular weight is 436 g/mol. The molecule has 0 radical (unpaired) electrons. The number of benzene rings is 2. The van der Waals surface area contributed by atoms with Crippen LogP contribution in [0.3, 0.4) is 0 Å². The Morgan fingerprint density at radius 1 is 1.17 bits per heavy atom. The van der Waals surface area contributed by atoms with E-state index in [2.05, 4.69) is 22.3 Å². The first-order valence-electron chi connectivity index (χ1n) is 9.25. The molecule has 156 valence electrons. The van der Waals surface area contributed by atoms with Crippen LogP contribution in [0.5, 0.6) is 0 Å². The Morgan fingerprint density at radius 2 is 1.86 bits per heavy atom. The molecule has 1 amide bonds. The summed E-state index contributed by atoms with van der Waals surface area (Å²) in [6.45, 7) is 2.47. The van der Waals surface area contributed by atoms with E-state index in [9.17, 15) is 13.2 Å². The standard InChI is InChI=1S/C20H25N3O4S2/c1-22(27-2)29(25,26)19-5-3-4-17(14-19)20(24)21-15-16-6-8-18(9-7-16)23-10-12-28-13-11-23/h3-9,14H,10-13,15H2,1-2H3,(H,21,24). The zero-order chi connectivity index (χ0) is 20.9. The first-order valence-corrected chi connectivity index (χ1v) is 11.8. The SMILES string of the molecule is CON(C)S(=O)(=O)c1cccc(C(=O)NCc2ccc(N3CCSCC3)cc2)c1. The third-order valence-corrected chi connectivity index (χ3v) is 7.37. The Bertz CT molecular complexity index is 942. The molecule has 0 atom stereocenters. The van der Waals surface area contributed by atoms with Crippen LogP contribution in [0.15, 0.2) is 53.4 Å². The number of hydroxylamine groups is 1. The summed E-state index contributed by atoms with van der Waals surface area (Å²) >= 11 is 1.97. The van der Waals surface area contributed by atoms with E-state index in [1.165, 1.54) is 38.0 Å². The Kier molecular flexibility index (Phi) is 7.18. The van der Waals surface area contributed by atoms with Crippen LogP contribution in [-0.4, -0.2) is 57.5 Å². The molecule has 7 nitrogen and oxygen atoms in total. The Labute approximate surface area is 176 Å². The smallest absolute Gasteiger partial charge is 0.264 e. The van der Waals surface area contributed by atoms with Gasteiger partial charge in [0.2, 0.25) is 0 Å². The highest BCUT2D eigenvalue weighted by Gasteiger charge is 2.22. The lowest BCUT2D eigenvalue weighted by molar-refractivity contribution is -0.0258. The van der Waals surface area contributed by atoms with Crippen LogP contribution in [0.2, 0.25) is 0 Å². The quantitative estimate of drug-likeness (QED) is 0.673. The summed E-state index contributed by atoms with van der Waals surface area (Å²) in [7, 11) is -1.24. The number of hydrogen-bond donors (Lipinski definition) is 1. The topological polar surface area (TPSA) is 78.9 Å². The number of rotatable bonds is 7. The Balaban J connectivity index is 1.63. The molecular weight excluding hydrogens is 410 g/mol. The van der Waals surface area contributed by atoms with Crippen LogP contribution in [0.4, 0.5) is 5.69 Å². The van der Waals surface area contributed by atoms with Crippen molar-refractivity contribution in [1.29, 1.82) is 0 Å². The first kappa shape index (κ1) is 21.6. The molecule has 1 N–H and O–H groups in total. The number of amides is 1. The number of sulfonamides is 1. The lowest BCUT2D eigenvalue weighted by Gasteiger charge is -2.28. The molecule has 1 aliphatic heterocycles. The van der Waals surface area contributed by atoms with Gasteiger partial charge in [0, 0.05) is 49.4 Å². The fraction of sp³-hybridized carbons (Fsp3) is 0.350. The monoisotopic (exact) mass is 435 g/mol. The molecule has 3 rings (SSSR count). The van der Waals surface area contributed by atoms with E-state index >= 15 is 0 Å². The fourth-order valence-electron chi connectivity index (χ4n) is 2.97. The normalized spacial score (nSPS) is 14.8. The maximum atomic E-state index is 12.5. The van der Waals surface area contributed by atoms with Crippen molar-refractivity contribution in [2.75, 3.05) is 43.7 Å². The van der Waals surface area contributed by atoms with Gasteiger partial charge in [0.15, 0.2) is 0 Å². The van der Waals surface area contributed by atoms with Crippen LogP contribution in [-0.2, 0) is 21.4 Å². The lowest BCUT2D eigenvalue weighted by Crippen LogP contribution is -2.32. The van der Waals surface area contributed by atoms with Crippen LogP contribution < -0.4 is 10.2 Å². The number of thioether (sulfide) groups is 1. The number of carbonyl (C=O) groups excluding carboxylic acids is 1. The van der Waals surface area contributed by atoms with Crippen molar-refractivity contribution in [3.8, 4) is 0 Å². The molecule has 0 saturated carbocycles. The third-order valence-electron chi connectivity index (χ3n) is 4.76. The van der Waals surface area contributed by atoms with Gasteiger partial charge in [0.25, 0.3) is 15.9 Å². The molecule has 0 bridgehead atoms. The van der Waals surface area contributed by atoms with E-state index in [1.54, 1.807) is 6.07 Å². The Hall–Kier alpha value is -2.07. The molecule has 0 aliphatic carbocycles.